The second kappa shape index (κ2) is 5.97. The molecule has 1 heterocycles. The van der Waals surface area contributed by atoms with E-state index in [0.717, 1.165) is 25.7 Å². The van der Waals surface area contributed by atoms with Gasteiger partial charge in [-0.25, -0.2) is 0 Å². The van der Waals surface area contributed by atoms with Gasteiger partial charge >= 0.3 is 5.91 Å². The molecular weight excluding hydrogens is 226 g/mol. The van der Waals surface area contributed by atoms with E-state index in [9.17, 15) is 4.79 Å². The van der Waals surface area contributed by atoms with Gasteiger partial charge in [0, 0.05) is 6.42 Å². The van der Waals surface area contributed by atoms with Crippen LogP contribution < -0.4 is 0 Å². The molecule has 4 nitrogen and oxygen atoms in total. The molecule has 0 saturated carbocycles. The van der Waals surface area contributed by atoms with E-state index in [4.69, 9.17) is 0 Å². The molecule has 2 rings (SSSR count). The van der Waals surface area contributed by atoms with Crippen LogP contribution in [0.4, 0.5) is 0 Å². The maximum absolute atomic E-state index is 11.8. The third kappa shape index (κ3) is 2.75. The van der Waals surface area contributed by atoms with Gasteiger partial charge in [0.1, 0.15) is 5.52 Å². The van der Waals surface area contributed by atoms with Gasteiger partial charge in [-0.3, -0.25) is 4.79 Å². The lowest BCUT2D eigenvalue weighted by Crippen LogP contribution is -2.09. The summed E-state index contributed by atoms with van der Waals surface area (Å²) in [5.41, 5.74) is 1.41. The zero-order chi connectivity index (χ0) is 12.8. The Hall–Kier alpha value is -2.15. The van der Waals surface area contributed by atoms with Crippen molar-refractivity contribution in [3.05, 3.63) is 24.3 Å². The summed E-state index contributed by atoms with van der Waals surface area (Å²) in [6.07, 6.45) is 4.10. The number of fused-ring (bicyclic) bond motifs is 1. The van der Waals surface area contributed by atoms with Gasteiger partial charge in [-0.05, 0) is 24.5 Å². The fourth-order valence-electron chi connectivity index (χ4n) is 1.67. The van der Waals surface area contributed by atoms with Crippen LogP contribution in [0.25, 0.3) is 11.0 Å². The lowest BCUT2D eigenvalue weighted by molar-refractivity contribution is 0.0968. The molecule has 0 saturated heterocycles. The molecule has 0 unspecified atom stereocenters. The van der Waals surface area contributed by atoms with Crippen LogP contribution in [0.15, 0.2) is 24.3 Å². The number of benzene rings is 1. The Labute approximate surface area is 106 Å². The van der Waals surface area contributed by atoms with E-state index in [2.05, 4.69) is 29.1 Å². The number of unbranched alkanes of at least 4 members (excludes halogenated alkanes) is 3. The van der Waals surface area contributed by atoms with E-state index >= 15 is 0 Å². The smallest absolute Gasteiger partial charge is 0.257 e. The van der Waals surface area contributed by atoms with Crippen molar-refractivity contribution in [2.45, 2.75) is 32.6 Å². The first kappa shape index (κ1) is 12.3. The molecule has 0 aliphatic carbocycles. The lowest BCUT2D eigenvalue weighted by atomic mass is 10.2. The van der Waals surface area contributed by atoms with Gasteiger partial charge in [-0.1, -0.05) is 43.0 Å². The average molecular weight is 241 g/mol. The topological polar surface area (TPSA) is 47.8 Å². The summed E-state index contributed by atoms with van der Waals surface area (Å²) in [6.45, 7) is 2.14. The van der Waals surface area contributed by atoms with E-state index < -0.39 is 0 Å². The van der Waals surface area contributed by atoms with Crippen LogP contribution in [0.2, 0.25) is 0 Å². The van der Waals surface area contributed by atoms with Crippen LogP contribution >= 0.6 is 0 Å². The average Bonchev–Trinajstić information content (AvgIpc) is 2.82. The Morgan fingerprint density at radius 1 is 1.33 bits per heavy atom. The highest BCUT2D eigenvalue weighted by Crippen LogP contribution is 2.08. The van der Waals surface area contributed by atoms with Crippen molar-refractivity contribution >= 4 is 16.9 Å². The Balaban J connectivity index is 2.09. The van der Waals surface area contributed by atoms with Crippen LogP contribution in [0.1, 0.15) is 37.4 Å². The second-order valence-corrected chi connectivity index (χ2v) is 4.05. The van der Waals surface area contributed by atoms with Gasteiger partial charge in [0.2, 0.25) is 0 Å². The number of carbonyl (C=O) groups excluding carboxylic acids is 1. The predicted octanol–water partition coefficient (Wildman–Crippen LogP) is 2.66. The first-order chi connectivity index (χ1) is 8.83. The molecule has 18 heavy (non-hydrogen) atoms. The maximum atomic E-state index is 11.8. The van der Waals surface area contributed by atoms with Gasteiger partial charge in [0.05, 0.1) is 5.52 Å². The summed E-state index contributed by atoms with van der Waals surface area (Å²) in [6, 6.07) is 7.35. The molecule has 1 aromatic carbocycles. The van der Waals surface area contributed by atoms with Crippen LogP contribution in [0, 0.1) is 11.8 Å². The van der Waals surface area contributed by atoms with Crippen LogP contribution in [-0.2, 0) is 0 Å². The van der Waals surface area contributed by atoms with Crippen molar-refractivity contribution in [1.29, 1.82) is 0 Å². The van der Waals surface area contributed by atoms with Crippen molar-refractivity contribution in [2.24, 2.45) is 0 Å². The zero-order valence-electron chi connectivity index (χ0n) is 10.4. The fourth-order valence-corrected chi connectivity index (χ4v) is 1.67. The Morgan fingerprint density at radius 2 is 2.17 bits per heavy atom. The number of carbonyl (C=O) groups is 1. The highest BCUT2D eigenvalue weighted by Gasteiger charge is 2.08. The summed E-state index contributed by atoms with van der Waals surface area (Å²) in [5, 5.41) is 7.75. The third-order valence-electron chi connectivity index (χ3n) is 2.64. The molecule has 0 amide bonds. The van der Waals surface area contributed by atoms with Crippen LogP contribution in [0.3, 0.4) is 0 Å². The standard InChI is InChI=1S/C14H15N3O/c1-2-3-4-5-6-11-14(18)17-13-10-8-7-9-12(13)15-16-17/h7-10H,2-5H2,1H3. The van der Waals surface area contributed by atoms with Crippen LogP contribution in [-0.4, -0.2) is 20.9 Å². The van der Waals surface area contributed by atoms with Gasteiger partial charge in [-0.2, -0.15) is 4.68 Å². The monoisotopic (exact) mass is 241 g/mol. The number of para-hydroxylation sites is 1. The molecule has 2 aromatic rings. The molecule has 4 heteroatoms. The number of nitrogens with zero attached hydrogens (tertiary/aromatic N) is 3. The van der Waals surface area contributed by atoms with E-state index in [1.165, 1.54) is 4.68 Å². The summed E-state index contributed by atoms with van der Waals surface area (Å²) in [5.74, 6) is 5.17. The predicted molar refractivity (Wildman–Crippen MR) is 70.1 cm³/mol. The molecule has 1 aromatic heterocycles. The van der Waals surface area contributed by atoms with Crippen molar-refractivity contribution in [1.82, 2.24) is 15.0 Å². The maximum Gasteiger partial charge on any atom is 0.324 e. The van der Waals surface area contributed by atoms with Gasteiger partial charge in [0.15, 0.2) is 0 Å². The Morgan fingerprint density at radius 3 is 3.00 bits per heavy atom. The zero-order valence-corrected chi connectivity index (χ0v) is 10.4. The largest absolute Gasteiger partial charge is 0.324 e. The molecule has 0 aliphatic rings. The fraction of sp³-hybridized carbons (Fsp3) is 0.357. The number of hydrogen-bond donors (Lipinski definition) is 0. The molecule has 0 radical (unpaired) electrons. The highest BCUT2D eigenvalue weighted by atomic mass is 16.2. The normalized spacial score (nSPS) is 10.1. The molecule has 0 spiro atoms. The minimum atomic E-state index is -0.319. The summed E-state index contributed by atoms with van der Waals surface area (Å²) in [4.78, 5) is 11.8. The van der Waals surface area contributed by atoms with Gasteiger partial charge < -0.3 is 0 Å². The van der Waals surface area contributed by atoms with Crippen molar-refractivity contribution in [2.75, 3.05) is 0 Å². The SMILES string of the molecule is CCCCCC#CC(=O)n1nnc2ccccc21. The number of aromatic nitrogens is 3. The van der Waals surface area contributed by atoms with E-state index in [1.54, 1.807) is 0 Å². The first-order valence-corrected chi connectivity index (χ1v) is 6.16. The molecule has 0 N–H and O–H groups in total. The molecular formula is C14H15N3O. The van der Waals surface area contributed by atoms with Gasteiger partial charge in [0.25, 0.3) is 0 Å². The van der Waals surface area contributed by atoms with Crippen LogP contribution in [0.5, 0.6) is 0 Å². The van der Waals surface area contributed by atoms with Gasteiger partial charge in [-0.15, -0.1) is 5.10 Å². The quantitative estimate of drug-likeness (QED) is 0.613. The molecule has 0 fully saturated rings. The van der Waals surface area contributed by atoms with Crippen molar-refractivity contribution in [3.8, 4) is 11.8 Å². The van der Waals surface area contributed by atoms with Crippen molar-refractivity contribution < 1.29 is 4.79 Å². The van der Waals surface area contributed by atoms with E-state index in [0.29, 0.717) is 11.0 Å². The number of rotatable bonds is 3. The van der Waals surface area contributed by atoms with E-state index in [1.807, 2.05) is 24.3 Å². The summed E-state index contributed by atoms with van der Waals surface area (Å²) >= 11 is 0. The number of hydrogen-bond acceptors (Lipinski definition) is 3. The minimum absolute atomic E-state index is 0.319. The highest BCUT2D eigenvalue weighted by molar-refractivity contribution is 5.99. The minimum Gasteiger partial charge on any atom is -0.257 e. The van der Waals surface area contributed by atoms with E-state index in [-0.39, 0.29) is 5.91 Å². The second-order valence-electron chi connectivity index (χ2n) is 4.05. The third-order valence-corrected chi connectivity index (χ3v) is 2.64. The lowest BCUT2D eigenvalue weighted by Gasteiger charge is -1.93. The molecule has 0 aliphatic heterocycles. The summed E-state index contributed by atoms with van der Waals surface area (Å²) < 4.78 is 1.25. The molecule has 0 atom stereocenters. The van der Waals surface area contributed by atoms with Crippen molar-refractivity contribution in [3.63, 3.8) is 0 Å². The first-order valence-electron chi connectivity index (χ1n) is 6.16. The summed E-state index contributed by atoms with van der Waals surface area (Å²) in [7, 11) is 0. The Kier molecular flexibility index (Phi) is 4.08. The molecule has 0 bridgehead atoms. The molecule has 92 valence electrons. The Bertz CT molecular complexity index is 604.